The highest BCUT2D eigenvalue weighted by atomic mass is 16.2. The lowest BCUT2D eigenvalue weighted by atomic mass is 9.96. The van der Waals surface area contributed by atoms with Crippen molar-refractivity contribution in [1.82, 2.24) is 9.88 Å². The summed E-state index contributed by atoms with van der Waals surface area (Å²) in [6, 6.07) is 4.23. The summed E-state index contributed by atoms with van der Waals surface area (Å²) in [5, 5.41) is 0. The lowest BCUT2D eigenvalue weighted by Gasteiger charge is -2.35. The lowest BCUT2D eigenvalue weighted by Crippen LogP contribution is -2.36. The highest BCUT2D eigenvalue weighted by Crippen LogP contribution is 2.30. The maximum absolute atomic E-state index is 11.5. The summed E-state index contributed by atoms with van der Waals surface area (Å²) in [6.45, 7) is 2.53. The molecular weight excluding hydrogens is 188 g/mol. The molecule has 0 radical (unpaired) electrons. The van der Waals surface area contributed by atoms with Crippen molar-refractivity contribution < 1.29 is 4.79 Å². The van der Waals surface area contributed by atoms with E-state index in [0.717, 1.165) is 24.9 Å². The van der Waals surface area contributed by atoms with Crippen molar-refractivity contribution in [2.45, 2.75) is 32.2 Å². The van der Waals surface area contributed by atoms with Gasteiger partial charge in [0.15, 0.2) is 0 Å². The van der Waals surface area contributed by atoms with Crippen molar-refractivity contribution >= 4 is 5.91 Å². The average Bonchev–Trinajstić information content (AvgIpc) is 2.30. The van der Waals surface area contributed by atoms with E-state index in [0.29, 0.717) is 0 Å². The van der Waals surface area contributed by atoms with Gasteiger partial charge in [0.2, 0.25) is 5.91 Å². The minimum atomic E-state index is 0.170. The molecular formula is C12H16N2O. The van der Waals surface area contributed by atoms with E-state index in [1.165, 1.54) is 6.42 Å². The molecule has 0 N–H and O–H groups in total. The van der Waals surface area contributed by atoms with Gasteiger partial charge in [-0.05, 0) is 30.9 Å². The largest absolute Gasteiger partial charge is 0.336 e. The van der Waals surface area contributed by atoms with Crippen molar-refractivity contribution in [1.29, 1.82) is 0 Å². The summed E-state index contributed by atoms with van der Waals surface area (Å²) in [4.78, 5) is 17.6. The van der Waals surface area contributed by atoms with Crippen LogP contribution in [0.2, 0.25) is 0 Å². The second-order valence-corrected chi connectivity index (χ2v) is 4.01. The summed E-state index contributed by atoms with van der Waals surface area (Å²) in [5.41, 5.74) is 1.16. The van der Waals surface area contributed by atoms with Crippen LogP contribution in [0.4, 0.5) is 0 Å². The molecule has 3 heteroatoms. The fourth-order valence-electron chi connectivity index (χ4n) is 2.23. The molecule has 1 aliphatic heterocycles. The number of hydrogen-bond donors (Lipinski definition) is 0. The Hall–Kier alpha value is -1.38. The van der Waals surface area contributed by atoms with Gasteiger partial charge < -0.3 is 4.90 Å². The smallest absolute Gasteiger partial charge is 0.219 e. The Morgan fingerprint density at radius 1 is 1.53 bits per heavy atom. The molecule has 1 aliphatic rings. The third-order valence-electron chi connectivity index (χ3n) is 2.98. The Bertz CT molecular complexity index is 337. The third-order valence-corrected chi connectivity index (χ3v) is 2.98. The van der Waals surface area contributed by atoms with E-state index >= 15 is 0 Å². The molecule has 0 aliphatic carbocycles. The summed E-state index contributed by atoms with van der Waals surface area (Å²) in [7, 11) is 0. The Balaban J connectivity index is 2.22. The van der Waals surface area contributed by atoms with Crippen LogP contribution in [0, 0.1) is 0 Å². The number of amides is 1. The van der Waals surface area contributed by atoms with E-state index in [1.54, 1.807) is 13.1 Å². The van der Waals surface area contributed by atoms with Crippen LogP contribution in [0.3, 0.4) is 0 Å². The summed E-state index contributed by atoms with van der Waals surface area (Å²) < 4.78 is 0. The molecule has 1 amide bonds. The molecule has 1 aromatic rings. The number of pyridine rings is 1. The monoisotopic (exact) mass is 204 g/mol. The lowest BCUT2D eigenvalue weighted by molar-refractivity contribution is -0.132. The first kappa shape index (κ1) is 10.1. The Kier molecular flexibility index (Phi) is 2.99. The number of nitrogens with zero attached hydrogens (tertiary/aromatic N) is 2. The van der Waals surface area contributed by atoms with Crippen LogP contribution in [-0.4, -0.2) is 22.3 Å². The van der Waals surface area contributed by atoms with Gasteiger partial charge in [0.05, 0.1) is 6.04 Å². The van der Waals surface area contributed by atoms with Gasteiger partial charge in [0, 0.05) is 25.9 Å². The van der Waals surface area contributed by atoms with Gasteiger partial charge >= 0.3 is 0 Å². The number of aromatic nitrogens is 1. The van der Waals surface area contributed by atoms with E-state index in [4.69, 9.17) is 0 Å². The van der Waals surface area contributed by atoms with Gasteiger partial charge in [-0.25, -0.2) is 0 Å². The highest BCUT2D eigenvalue weighted by molar-refractivity contribution is 5.73. The second kappa shape index (κ2) is 4.43. The van der Waals surface area contributed by atoms with E-state index in [2.05, 4.69) is 11.1 Å². The van der Waals surface area contributed by atoms with Crippen molar-refractivity contribution in [3.8, 4) is 0 Å². The van der Waals surface area contributed by atoms with Crippen molar-refractivity contribution in [3.05, 3.63) is 30.1 Å². The summed E-state index contributed by atoms with van der Waals surface area (Å²) >= 11 is 0. The minimum absolute atomic E-state index is 0.170. The van der Waals surface area contributed by atoms with E-state index in [-0.39, 0.29) is 11.9 Å². The van der Waals surface area contributed by atoms with Crippen LogP contribution in [0.5, 0.6) is 0 Å². The number of carbonyl (C=O) groups is 1. The molecule has 0 saturated carbocycles. The fraction of sp³-hybridized carbons (Fsp3) is 0.500. The quantitative estimate of drug-likeness (QED) is 0.702. The molecule has 2 rings (SSSR count). The van der Waals surface area contributed by atoms with Gasteiger partial charge in [-0.3, -0.25) is 9.78 Å². The average molecular weight is 204 g/mol. The van der Waals surface area contributed by atoms with Crippen molar-refractivity contribution in [2.75, 3.05) is 6.54 Å². The van der Waals surface area contributed by atoms with Gasteiger partial charge in [-0.1, -0.05) is 6.07 Å². The van der Waals surface area contributed by atoms with Gasteiger partial charge in [0.25, 0.3) is 0 Å². The van der Waals surface area contributed by atoms with Gasteiger partial charge in [-0.2, -0.15) is 0 Å². The molecule has 2 heterocycles. The van der Waals surface area contributed by atoms with E-state index in [1.807, 2.05) is 17.2 Å². The molecule has 80 valence electrons. The predicted octanol–water partition coefficient (Wildman–Crippen LogP) is 2.16. The minimum Gasteiger partial charge on any atom is -0.336 e. The first-order valence-corrected chi connectivity index (χ1v) is 5.46. The first-order chi connectivity index (χ1) is 7.29. The van der Waals surface area contributed by atoms with Crippen LogP contribution in [-0.2, 0) is 4.79 Å². The molecule has 1 atom stereocenters. The van der Waals surface area contributed by atoms with Gasteiger partial charge in [0.1, 0.15) is 0 Å². The van der Waals surface area contributed by atoms with Crippen LogP contribution in [0.25, 0.3) is 0 Å². The number of rotatable bonds is 1. The SMILES string of the molecule is CC(=O)N1CCCCC1c1cccnc1. The summed E-state index contributed by atoms with van der Waals surface area (Å²) in [5.74, 6) is 0.170. The molecule has 1 fully saturated rings. The molecule has 0 aromatic carbocycles. The maximum atomic E-state index is 11.5. The molecule has 0 spiro atoms. The van der Waals surface area contributed by atoms with Gasteiger partial charge in [-0.15, -0.1) is 0 Å². The van der Waals surface area contributed by atoms with Crippen LogP contribution in [0.15, 0.2) is 24.5 Å². The van der Waals surface area contributed by atoms with Crippen LogP contribution >= 0.6 is 0 Å². The zero-order valence-corrected chi connectivity index (χ0v) is 9.02. The predicted molar refractivity (Wildman–Crippen MR) is 58.2 cm³/mol. The van der Waals surface area contributed by atoms with Crippen LogP contribution in [0.1, 0.15) is 37.8 Å². The maximum Gasteiger partial charge on any atom is 0.219 e. The Morgan fingerprint density at radius 3 is 3.07 bits per heavy atom. The zero-order valence-electron chi connectivity index (χ0n) is 9.02. The van der Waals surface area contributed by atoms with Crippen LogP contribution < -0.4 is 0 Å². The molecule has 3 nitrogen and oxygen atoms in total. The normalized spacial score (nSPS) is 21.4. The molecule has 0 bridgehead atoms. The molecule has 1 saturated heterocycles. The highest BCUT2D eigenvalue weighted by Gasteiger charge is 2.25. The number of piperidine rings is 1. The third kappa shape index (κ3) is 2.17. The van der Waals surface area contributed by atoms with Crippen molar-refractivity contribution in [2.24, 2.45) is 0 Å². The fourth-order valence-corrected chi connectivity index (χ4v) is 2.23. The van der Waals surface area contributed by atoms with E-state index < -0.39 is 0 Å². The van der Waals surface area contributed by atoms with Crippen molar-refractivity contribution in [3.63, 3.8) is 0 Å². The molecule has 1 aromatic heterocycles. The molecule has 1 unspecified atom stereocenters. The number of likely N-dealkylation sites (tertiary alicyclic amines) is 1. The Labute approximate surface area is 90.1 Å². The first-order valence-electron chi connectivity index (χ1n) is 5.46. The Morgan fingerprint density at radius 2 is 2.40 bits per heavy atom. The van der Waals surface area contributed by atoms with E-state index in [9.17, 15) is 4.79 Å². The topological polar surface area (TPSA) is 33.2 Å². The number of carbonyl (C=O) groups excluding carboxylic acids is 1. The zero-order chi connectivity index (χ0) is 10.7. The second-order valence-electron chi connectivity index (χ2n) is 4.01. The number of hydrogen-bond acceptors (Lipinski definition) is 2. The standard InChI is InChI=1S/C12H16N2O/c1-10(15)14-8-3-2-6-12(14)11-5-4-7-13-9-11/h4-5,7,9,12H,2-3,6,8H2,1H3. The summed E-state index contributed by atoms with van der Waals surface area (Å²) in [6.07, 6.45) is 7.02. The molecule has 15 heavy (non-hydrogen) atoms.